The number of ether oxygens (including phenoxy) is 1. The van der Waals surface area contributed by atoms with Crippen LogP contribution in [-0.4, -0.2) is 39.3 Å². The predicted octanol–water partition coefficient (Wildman–Crippen LogP) is 3.27. The Labute approximate surface area is 144 Å². The Morgan fingerprint density at radius 1 is 1.36 bits per heavy atom. The molecule has 134 valence electrons. The Bertz CT molecular complexity index is 796. The molecule has 0 aliphatic heterocycles. The first-order valence-corrected chi connectivity index (χ1v) is 8.14. The Morgan fingerprint density at radius 3 is 2.64 bits per heavy atom. The maximum atomic E-state index is 13.1. The summed E-state index contributed by atoms with van der Waals surface area (Å²) in [6.45, 7) is 5.69. The van der Waals surface area contributed by atoms with Gasteiger partial charge in [-0.2, -0.15) is 5.10 Å². The van der Waals surface area contributed by atoms with Crippen molar-refractivity contribution in [1.29, 1.82) is 0 Å². The molecule has 0 atom stereocenters. The highest BCUT2D eigenvalue weighted by Crippen LogP contribution is 2.39. The number of aromatic nitrogens is 3. The van der Waals surface area contributed by atoms with Gasteiger partial charge in [-0.25, -0.2) is 23.2 Å². The third-order valence-electron chi connectivity index (χ3n) is 3.99. The van der Waals surface area contributed by atoms with Gasteiger partial charge in [0.25, 0.3) is 5.92 Å². The smallest absolute Gasteiger partial charge is 0.338 e. The maximum Gasteiger partial charge on any atom is 0.338 e. The minimum absolute atomic E-state index is 0.243. The van der Waals surface area contributed by atoms with E-state index < -0.39 is 11.9 Å². The zero-order chi connectivity index (χ0) is 18.2. The van der Waals surface area contributed by atoms with E-state index in [0.717, 1.165) is 11.4 Å². The molecule has 0 bridgehead atoms. The molecule has 0 spiro atoms. The number of rotatable bonds is 5. The van der Waals surface area contributed by atoms with Gasteiger partial charge in [-0.3, -0.25) is 0 Å². The molecular formula is C17H20F2N4O2. The van der Waals surface area contributed by atoms with Crippen LogP contribution in [0.25, 0.3) is 5.82 Å². The lowest BCUT2D eigenvalue weighted by molar-refractivity contribution is -0.0794. The summed E-state index contributed by atoms with van der Waals surface area (Å²) in [4.78, 5) is 16.5. The lowest BCUT2D eigenvalue weighted by Gasteiger charge is -2.35. The first-order chi connectivity index (χ1) is 11.8. The fourth-order valence-corrected chi connectivity index (χ4v) is 2.86. The number of halogens is 2. The van der Waals surface area contributed by atoms with Crippen LogP contribution in [0.5, 0.6) is 0 Å². The quantitative estimate of drug-likeness (QED) is 0.838. The number of carbonyl (C=O) groups excluding carboxylic acids is 1. The molecule has 1 saturated carbocycles. The summed E-state index contributed by atoms with van der Waals surface area (Å²) >= 11 is 0. The molecule has 3 rings (SSSR count). The summed E-state index contributed by atoms with van der Waals surface area (Å²) < 4.78 is 32.8. The van der Waals surface area contributed by atoms with Crippen LogP contribution in [0.4, 0.5) is 14.6 Å². The minimum atomic E-state index is -2.63. The van der Waals surface area contributed by atoms with E-state index in [1.54, 1.807) is 17.7 Å². The first kappa shape index (κ1) is 17.3. The highest BCUT2D eigenvalue weighted by Gasteiger charge is 2.45. The topological polar surface area (TPSA) is 69.0 Å². The van der Waals surface area contributed by atoms with Crippen molar-refractivity contribution in [3.8, 4) is 5.82 Å². The zero-order valence-corrected chi connectivity index (χ0v) is 14.3. The fourth-order valence-electron chi connectivity index (χ4n) is 2.86. The lowest BCUT2D eigenvalue weighted by atomic mass is 9.88. The van der Waals surface area contributed by atoms with E-state index in [4.69, 9.17) is 4.74 Å². The fraction of sp³-hybridized carbons (Fsp3) is 0.471. The van der Waals surface area contributed by atoms with Crippen molar-refractivity contribution in [2.24, 2.45) is 0 Å². The number of pyridine rings is 1. The third kappa shape index (κ3) is 3.78. The van der Waals surface area contributed by atoms with E-state index in [1.807, 2.05) is 19.9 Å². The van der Waals surface area contributed by atoms with Crippen LogP contribution >= 0.6 is 0 Å². The van der Waals surface area contributed by atoms with Gasteiger partial charge in [-0.15, -0.1) is 0 Å². The molecule has 25 heavy (non-hydrogen) atoms. The number of anilines is 1. The average molecular weight is 350 g/mol. The molecule has 0 amide bonds. The Morgan fingerprint density at radius 2 is 2.08 bits per heavy atom. The number of hydrogen-bond donors (Lipinski definition) is 1. The summed E-state index contributed by atoms with van der Waals surface area (Å²) in [6, 6.07) is 4.62. The highest BCUT2D eigenvalue weighted by atomic mass is 19.3. The van der Waals surface area contributed by atoms with Gasteiger partial charge in [0.15, 0.2) is 5.82 Å². The SMILES string of the molecule is CCOC(=O)c1cc(NC2CC(F)(F)C2)nc(-n2nc(C)cc2C)c1. The van der Waals surface area contributed by atoms with Gasteiger partial charge in [0.2, 0.25) is 0 Å². The number of carbonyl (C=O) groups is 1. The summed E-state index contributed by atoms with van der Waals surface area (Å²) in [5.74, 6) is -2.33. The van der Waals surface area contributed by atoms with Crippen molar-refractivity contribution in [1.82, 2.24) is 14.8 Å². The Hall–Kier alpha value is -2.51. The minimum Gasteiger partial charge on any atom is -0.462 e. The highest BCUT2D eigenvalue weighted by molar-refractivity contribution is 5.90. The first-order valence-electron chi connectivity index (χ1n) is 8.14. The zero-order valence-electron chi connectivity index (χ0n) is 14.3. The molecule has 0 unspecified atom stereocenters. The van der Waals surface area contributed by atoms with E-state index in [1.165, 1.54) is 6.07 Å². The second-order valence-electron chi connectivity index (χ2n) is 6.26. The number of hydrogen-bond acceptors (Lipinski definition) is 5. The molecule has 6 nitrogen and oxygen atoms in total. The van der Waals surface area contributed by atoms with E-state index in [-0.39, 0.29) is 25.5 Å². The van der Waals surface area contributed by atoms with Crippen LogP contribution in [0.15, 0.2) is 18.2 Å². The number of nitrogens with zero attached hydrogens (tertiary/aromatic N) is 3. The third-order valence-corrected chi connectivity index (χ3v) is 3.99. The van der Waals surface area contributed by atoms with Gasteiger partial charge in [-0.05, 0) is 39.0 Å². The molecular weight excluding hydrogens is 330 g/mol. The van der Waals surface area contributed by atoms with E-state index in [2.05, 4.69) is 15.4 Å². The van der Waals surface area contributed by atoms with Crippen LogP contribution < -0.4 is 5.32 Å². The number of nitrogens with one attached hydrogen (secondary N) is 1. The van der Waals surface area contributed by atoms with E-state index in [9.17, 15) is 13.6 Å². The molecule has 1 fully saturated rings. The van der Waals surface area contributed by atoms with Crippen molar-refractivity contribution >= 4 is 11.8 Å². The molecule has 0 saturated heterocycles. The summed E-state index contributed by atoms with van der Waals surface area (Å²) in [5, 5.41) is 7.33. The maximum absolute atomic E-state index is 13.1. The van der Waals surface area contributed by atoms with Crippen molar-refractivity contribution in [3.63, 3.8) is 0 Å². The van der Waals surface area contributed by atoms with Gasteiger partial charge >= 0.3 is 5.97 Å². The molecule has 2 aromatic heterocycles. The average Bonchev–Trinajstić information content (AvgIpc) is 2.84. The van der Waals surface area contributed by atoms with Gasteiger partial charge < -0.3 is 10.1 Å². The van der Waals surface area contributed by atoms with Crippen LogP contribution in [0.3, 0.4) is 0 Å². The van der Waals surface area contributed by atoms with Crippen molar-refractivity contribution in [2.45, 2.75) is 45.6 Å². The lowest BCUT2D eigenvalue weighted by Crippen LogP contribution is -2.44. The Balaban J connectivity index is 1.94. The predicted molar refractivity (Wildman–Crippen MR) is 88.4 cm³/mol. The number of esters is 1. The summed E-state index contributed by atoms with van der Waals surface area (Å²) in [7, 11) is 0. The van der Waals surface area contributed by atoms with Gasteiger partial charge in [0, 0.05) is 24.6 Å². The summed E-state index contributed by atoms with van der Waals surface area (Å²) in [6.07, 6.45) is -0.485. The molecule has 1 aliphatic carbocycles. The standard InChI is InChI=1S/C17H20F2N4O2/c1-4-25-16(24)12-6-14(20-13-8-17(18,19)9-13)21-15(7-12)23-11(3)5-10(2)22-23/h5-7,13H,4,8-9H2,1-3H3,(H,20,21). The van der Waals surface area contributed by atoms with E-state index >= 15 is 0 Å². The second kappa shape index (κ2) is 6.42. The van der Waals surface area contributed by atoms with Crippen LogP contribution in [0.2, 0.25) is 0 Å². The van der Waals surface area contributed by atoms with Gasteiger partial charge in [0.05, 0.1) is 17.9 Å². The molecule has 0 aromatic carbocycles. The molecule has 1 N–H and O–H groups in total. The molecule has 1 aliphatic rings. The number of alkyl halides is 2. The van der Waals surface area contributed by atoms with Gasteiger partial charge in [-0.1, -0.05) is 0 Å². The Kier molecular flexibility index (Phi) is 4.45. The van der Waals surface area contributed by atoms with Crippen molar-refractivity contribution in [2.75, 3.05) is 11.9 Å². The second-order valence-corrected chi connectivity index (χ2v) is 6.26. The van der Waals surface area contributed by atoms with Crippen molar-refractivity contribution in [3.05, 3.63) is 35.2 Å². The molecule has 2 aromatic rings. The number of aryl methyl sites for hydroxylation is 2. The molecule has 2 heterocycles. The molecule has 0 radical (unpaired) electrons. The largest absolute Gasteiger partial charge is 0.462 e. The van der Waals surface area contributed by atoms with E-state index in [0.29, 0.717) is 17.2 Å². The van der Waals surface area contributed by atoms with Crippen LogP contribution in [0.1, 0.15) is 41.5 Å². The summed E-state index contributed by atoms with van der Waals surface area (Å²) in [5.41, 5.74) is 1.97. The normalized spacial score (nSPS) is 16.4. The van der Waals surface area contributed by atoms with Crippen LogP contribution in [-0.2, 0) is 4.74 Å². The van der Waals surface area contributed by atoms with Crippen molar-refractivity contribution < 1.29 is 18.3 Å². The monoisotopic (exact) mass is 350 g/mol. The van der Waals surface area contributed by atoms with Crippen LogP contribution in [0, 0.1) is 13.8 Å². The molecule has 8 heteroatoms. The van der Waals surface area contributed by atoms with Gasteiger partial charge in [0.1, 0.15) is 5.82 Å².